The van der Waals surface area contributed by atoms with E-state index < -0.39 is 0 Å². The van der Waals surface area contributed by atoms with Gasteiger partial charge in [0.05, 0.1) is 13.7 Å². The number of para-hydroxylation sites is 1. The van der Waals surface area contributed by atoms with E-state index in [-0.39, 0.29) is 12.5 Å². The first-order valence-electron chi connectivity index (χ1n) is 5.67. The lowest BCUT2D eigenvalue weighted by atomic mass is 10.1. The van der Waals surface area contributed by atoms with E-state index >= 15 is 0 Å². The van der Waals surface area contributed by atoms with Crippen molar-refractivity contribution in [3.05, 3.63) is 34.8 Å². The Hall–Kier alpha value is -1.99. The van der Waals surface area contributed by atoms with E-state index in [0.29, 0.717) is 11.6 Å². The van der Waals surface area contributed by atoms with Crippen molar-refractivity contribution in [1.82, 2.24) is 10.2 Å². The molecule has 1 aromatic carbocycles. The summed E-state index contributed by atoms with van der Waals surface area (Å²) in [5.74, 6) is 0.533. The molecule has 0 saturated heterocycles. The van der Waals surface area contributed by atoms with E-state index in [1.54, 1.807) is 7.11 Å². The minimum absolute atomic E-state index is 0.0680. The molecule has 0 atom stereocenters. The molecular weight excluding hydrogens is 264 g/mol. The fourth-order valence-corrected chi connectivity index (χ4v) is 2.34. The van der Waals surface area contributed by atoms with Crippen LogP contribution in [0.15, 0.2) is 24.3 Å². The lowest BCUT2D eigenvalue weighted by Crippen LogP contribution is -2.21. The zero-order chi connectivity index (χ0) is 13.7. The van der Waals surface area contributed by atoms with Crippen LogP contribution < -0.4 is 15.8 Å². The molecule has 1 amide bonds. The van der Waals surface area contributed by atoms with Crippen LogP contribution in [0, 0.1) is 0 Å². The third kappa shape index (κ3) is 3.49. The fraction of sp³-hybridized carbons (Fsp3) is 0.250. The molecule has 6 nitrogen and oxygen atoms in total. The summed E-state index contributed by atoms with van der Waals surface area (Å²) in [6.07, 6.45) is 0.611. The Bertz CT molecular complexity index is 570. The zero-order valence-electron chi connectivity index (χ0n) is 10.4. The van der Waals surface area contributed by atoms with E-state index in [1.165, 1.54) is 11.3 Å². The number of nitrogens with two attached hydrogens (primary N) is 1. The number of rotatable bonds is 5. The maximum absolute atomic E-state index is 11.1. The van der Waals surface area contributed by atoms with Crippen molar-refractivity contribution in [2.45, 2.75) is 6.42 Å². The lowest BCUT2D eigenvalue weighted by molar-refractivity contribution is -0.114. The number of anilines is 1. The monoisotopic (exact) mass is 278 g/mol. The highest BCUT2D eigenvalue weighted by atomic mass is 32.1. The minimum Gasteiger partial charge on any atom is -0.496 e. The summed E-state index contributed by atoms with van der Waals surface area (Å²) in [7, 11) is 1.63. The second-order valence-electron chi connectivity index (χ2n) is 3.74. The number of amides is 1. The van der Waals surface area contributed by atoms with Crippen LogP contribution in [0.1, 0.15) is 10.6 Å². The van der Waals surface area contributed by atoms with Crippen LogP contribution in [0.25, 0.3) is 0 Å². The van der Waals surface area contributed by atoms with Crippen LogP contribution >= 0.6 is 11.3 Å². The minimum atomic E-state index is -0.278. The Morgan fingerprint density at radius 1 is 1.42 bits per heavy atom. The number of aromatic nitrogens is 2. The molecule has 0 radical (unpaired) electrons. The molecule has 0 aliphatic heterocycles. The number of nitrogens with zero attached hydrogens (tertiary/aromatic N) is 2. The first-order chi connectivity index (χ1) is 9.22. The van der Waals surface area contributed by atoms with Gasteiger partial charge in [0.2, 0.25) is 11.0 Å². The van der Waals surface area contributed by atoms with Crippen molar-refractivity contribution in [2.75, 3.05) is 19.0 Å². The van der Waals surface area contributed by atoms with Gasteiger partial charge in [0, 0.05) is 12.0 Å². The van der Waals surface area contributed by atoms with Crippen LogP contribution in [-0.2, 0) is 11.2 Å². The number of carbonyl (C=O) groups is 1. The van der Waals surface area contributed by atoms with Gasteiger partial charge < -0.3 is 10.5 Å². The molecule has 0 unspecified atom stereocenters. The number of hydrogen-bond acceptors (Lipinski definition) is 6. The largest absolute Gasteiger partial charge is 0.496 e. The van der Waals surface area contributed by atoms with Gasteiger partial charge in [-0.05, 0) is 6.07 Å². The van der Waals surface area contributed by atoms with Crippen LogP contribution in [0.4, 0.5) is 5.13 Å². The number of hydrogen-bond donors (Lipinski definition) is 2. The van der Waals surface area contributed by atoms with E-state index in [9.17, 15) is 4.79 Å². The van der Waals surface area contributed by atoms with E-state index in [2.05, 4.69) is 15.5 Å². The molecule has 1 heterocycles. The summed E-state index contributed by atoms with van der Waals surface area (Å²) in [6, 6.07) is 7.72. The van der Waals surface area contributed by atoms with E-state index in [0.717, 1.165) is 16.3 Å². The molecule has 2 aromatic rings. The Balaban J connectivity index is 2.09. The molecule has 7 heteroatoms. The first-order valence-corrected chi connectivity index (χ1v) is 6.48. The normalized spacial score (nSPS) is 10.2. The second-order valence-corrected chi connectivity index (χ2v) is 4.80. The van der Waals surface area contributed by atoms with Crippen LogP contribution in [-0.4, -0.2) is 29.8 Å². The zero-order valence-corrected chi connectivity index (χ0v) is 11.2. The van der Waals surface area contributed by atoms with Crippen LogP contribution in [0.2, 0.25) is 0 Å². The van der Waals surface area contributed by atoms with Gasteiger partial charge in [-0.3, -0.25) is 10.1 Å². The number of methoxy groups -OCH3 is 1. The van der Waals surface area contributed by atoms with Gasteiger partial charge in [-0.25, -0.2) is 0 Å². The summed E-state index contributed by atoms with van der Waals surface area (Å²) >= 11 is 1.33. The van der Waals surface area contributed by atoms with Gasteiger partial charge in [0.25, 0.3) is 0 Å². The highest BCUT2D eigenvalue weighted by Crippen LogP contribution is 2.24. The van der Waals surface area contributed by atoms with Gasteiger partial charge in [-0.1, -0.05) is 29.5 Å². The number of ether oxygens (including phenoxy) is 1. The quantitative estimate of drug-likeness (QED) is 0.852. The van der Waals surface area contributed by atoms with Crippen molar-refractivity contribution < 1.29 is 9.53 Å². The van der Waals surface area contributed by atoms with Gasteiger partial charge in [0.15, 0.2) is 0 Å². The first kappa shape index (κ1) is 13.4. The van der Waals surface area contributed by atoms with Crippen molar-refractivity contribution in [3.63, 3.8) is 0 Å². The Labute approximate surface area is 114 Å². The molecular formula is C12H14N4O2S. The van der Waals surface area contributed by atoms with Crippen LogP contribution in [0.5, 0.6) is 5.75 Å². The fourth-order valence-electron chi connectivity index (χ4n) is 1.56. The third-order valence-electron chi connectivity index (χ3n) is 2.43. The SMILES string of the molecule is COc1ccccc1Cc1nnc(NC(=O)CN)s1. The molecule has 1 aromatic heterocycles. The summed E-state index contributed by atoms with van der Waals surface area (Å²) < 4.78 is 5.28. The lowest BCUT2D eigenvalue weighted by Gasteiger charge is -2.05. The van der Waals surface area contributed by atoms with Gasteiger partial charge in [-0.2, -0.15) is 0 Å². The summed E-state index contributed by atoms with van der Waals surface area (Å²) in [6.45, 7) is -0.0680. The van der Waals surface area contributed by atoms with Crippen LogP contribution in [0.3, 0.4) is 0 Å². The molecule has 19 heavy (non-hydrogen) atoms. The predicted octanol–water partition coefficient (Wildman–Crippen LogP) is 1.03. The highest BCUT2D eigenvalue weighted by Gasteiger charge is 2.09. The molecule has 0 fully saturated rings. The summed E-state index contributed by atoms with van der Waals surface area (Å²) in [5, 5.41) is 11.8. The molecule has 2 rings (SSSR count). The van der Waals surface area contributed by atoms with Gasteiger partial charge in [0.1, 0.15) is 10.8 Å². The summed E-state index contributed by atoms with van der Waals surface area (Å²) in [5.41, 5.74) is 6.24. The standard InChI is InChI=1S/C12H14N4O2S/c1-18-9-5-3-2-4-8(9)6-11-15-16-12(19-11)14-10(17)7-13/h2-5H,6-7,13H2,1H3,(H,14,16,17). The van der Waals surface area contributed by atoms with E-state index in [1.807, 2.05) is 24.3 Å². The van der Waals surface area contributed by atoms with Crippen molar-refractivity contribution >= 4 is 22.4 Å². The Morgan fingerprint density at radius 3 is 2.95 bits per heavy atom. The average Bonchev–Trinajstić information content (AvgIpc) is 2.86. The number of nitrogens with one attached hydrogen (secondary N) is 1. The van der Waals surface area contributed by atoms with Gasteiger partial charge >= 0.3 is 0 Å². The Morgan fingerprint density at radius 2 is 2.21 bits per heavy atom. The highest BCUT2D eigenvalue weighted by molar-refractivity contribution is 7.15. The topological polar surface area (TPSA) is 90.1 Å². The molecule has 3 N–H and O–H groups in total. The third-order valence-corrected chi connectivity index (χ3v) is 3.27. The maximum atomic E-state index is 11.1. The second kappa shape index (κ2) is 6.26. The van der Waals surface area contributed by atoms with Crippen molar-refractivity contribution in [2.24, 2.45) is 5.73 Å². The number of benzene rings is 1. The molecule has 0 aliphatic carbocycles. The smallest absolute Gasteiger partial charge is 0.239 e. The molecule has 0 saturated carbocycles. The predicted molar refractivity (Wildman–Crippen MR) is 73.4 cm³/mol. The van der Waals surface area contributed by atoms with Gasteiger partial charge in [-0.15, -0.1) is 10.2 Å². The molecule has 0 aliphatic rings. The number of carbonyl (C=O) groups excluding carboxylic acids is 1. The summed E-state index contributed by atoms with van der Waals surface area (Å²) in [4.78, 5) is 11.1. The van der Waals surface area contributed by atoms with Crippen molar-refractivity contribution in [3.8, 4) is 5.75 Å². The van der Waals surface area contributed by atoms with E-state index in [4.69, 9.17) is 10.5 Å². The average molecular weight is 278 g/mol. The molecule has 0 bridgehead atoms. The van der Waals surface area contributed by atoms with Crippen molar-refractivity contribution in [1.29, 1.82) is 0 Å². The maximum Gasteiger partial charge on any atom is 0.239 e. The molecule has 0 spiro atoms. The Kier molecular flexibility index (Phi) is 4.43. The molecule has 100 valence electrons.